The standard InChI is InChI=1S/C11H16F2N4.C2H6.C2H4/c1-5-15-17(7-11(4,12)13)8(2)10-6-14-9(3)16-10;2*1-2/h5-6H,2,7H2,1,3-4H3,(H,14,16);1-2H3;1-2H2/b15-5-;;. The number of hydrogen-bond acceptors (Lipinski definition) is 3. The highest BCUT2D eigenvalue weighted by Crippen LogP contribution is 2.21. The first-order chi connectivity index (χ1) is 9.83. The minimum atomic E-state index is -2.84. The molecule has 0 saturated carbocycles. The smallest absolute Gasteiger partial charge is 0.264 e. The van der Waals surface area contributed by atoms with Gasteiger partial charge in [0.05, 0.1) is 17.6 Å². The van der Waals surface area contributed by atoms with E-state index in [4.69, 9.17) is 0 Å². The van der Waals surface area contributed by atoms with Crippen molar-refractivity contribution in [3.8, 4) is 0 Å². The number of aromatic nitrogens is 2. The number of aryl methyl sites for hydroxylation is 1. The topological polar surface area (TPSA) is 44.3 Å². The largest absolute Gasteiger partial charge is 0.341 e. The lowest BCUT2D eigenvalue weighted by Crippen LogP contribution is -2.30. The van der Waals surface area contributed by atoms with Gasteiger partial charge in [-0.15, -0.1) is 13.2 Å². The highest BCUT2D eigenvalue weighted by Gasteiger charge is 2.26. The third-order valence-electron chi connectivity index (χ3n) is 2.01. The van der Waals surface area contributed by atoms with E-state index in [0.29, 0.717) is 17.2 Å². The molecule has 0 atom stereocenters. The number of nitrogens with one attached hydrogen (secondary N) is 1. The van der Waals surface area contributed by atoms with Crippen molar-refractivity contribution < 1.29 is 8.78 Å². The van der Waals surface area contributed by atoms with Crippen molar-refractivity contribution in [3.05, 3.63) is 37.5 Å². The molecular weight excluding hydrogens is 274 g/mol. The SMILES string of the molecule is C=C.C=C(c1cnc(C)[nH]1)N(CC(C)(F)F)/N=C\C.CC. The van der Waals surface area contributed by atoms with Crippen LogP contribution in [0, 0.1) is 6.92 Å². The molecule has 0 unspecified atom stereocenters. The molecule has 0 radical (unpaired) electrons. The molecule has 1 rings (SSSR count). The van der Waals surface area contributed by atoms with Gasteiger partial charge in [-0.25, -0.2) is 13.8 Å². The third-order valence-corrected chi connectivity index (χ3v) is 2.01. The Morgan fingerprint density at radius 3 is 2.33 bits per heavy atom. The molecule has 1 heterocycles. The summed E-state index contributed by atoms with van der Waals surface area (Å²) in [5, 5.41) is 5.04. The maximum atomic E-state index is 13.0. The van der Waals surface area contributed by atoms with Crippen molar-refractivity contribution >= 4 is 11.9 Å². The molecule has 21 heavy (non-hydrogen) atoms. The predicted octanol–water partition coefficient (Wildman–Crippen LogP) is 4.48. The Morgan fingerprint density at radius 2 is 2.00 bits per heavy atom. The van der Waals surface area contributed by atoms with Gasteiger partial charge in [0.1, 0.15) is 12.4 Å². The Hall–Kier alpha value is -1.98. The molecule has 1 aromatic heterocycles. The van der Waals surface area contributed by atoms with E-state index in [1.807, 2.05) is 13.8 Å². The van der Waals surface area contributed by atoms with E-state index in [0.717, 1.165) is 11.9 Å². The van der Waals surface area contributed by atoms with Gasteiger partial charge in [0.25, 0.3) is 5.92 Å². The summed E-state index contributed by atoms with van der Waals surface area (Å²) in [7, 11) is 0. The maximum Gasteiger partial charge on any atom is 0.264 e. The second-order valence-corrected chi connectivity index (χ2v) is 3.83. The van der Waals surface area contributed by atoms with Crippen LogP contribution in [0.15, 0.2) is 31.0 Å². The van der Waals surface area contributed by atoms with Gasteiger partial charge < -0.3 is 4.98 Å². The molecule has 0 fully saturated rings. The van der Waals surface area contributed by atoms with E-state index in [1.54, 1.807) is 20.0 Å². The van der Waals surface area contributed by atoms with Crippen molar-refractivity contribution in [2.75, 3.05) is 6.54 Å². The predicted molar refractivity (Wildman–Crippen MR) is 86.5 cm³/mol. The van der Waals surface area contributed by atoms with Crippen molar-refractivity contribution in [3.63, 3.8) is 0 Å². The first kappa shape index (κ1) is 21.3. The van der Waals surface area contributed by atoms with Crippen LogP contribution in [0.3, 0.4) is 0 Å². The summed E-state index contributed by atoms with van der Waals surface area (Å²) in [6, 6.07) is 0. The minimum absolute atomic E-state index is 0.366. The molecule has 1 N–H and O–H groups in total. The van der Waals surface area contributed by atoms with E-state index >= 15 is 0 Å². The molecule has 4 nitrogen and oxygen atoms in total. The molecule has 0 bridgehead atoms. The Bertz CT molecular complexity index is 433. The lowest BCUT2D eigenvalue weighted by molar-refractivity contribution is 0.00000156. The number of halogens is 2. The fourth-order valence-electron chi connectivity index (χ4n) is 1.31. The average Bonchev–Trinajstić information content (AvgIpc) is 2.87. The summed E-state index contributed by atoms with van der Waals surface area (Å²) in [5.41, 5.74) is 0.947. The fraction of sp³-hybridized carbons (Fsp3) is 0.467. The first-order valence-corrected chi connectivity index (χ1v) is 6.68. The first-order valence-electron chi connectivity index (χ1n) is 6.68. The molecule has 0 aliphatic heterocycles. The van der Waals surface area contributed by atoms with Gasteiger partial charge in [-0.3, -0.25) is 5.01 Å². The number of hydrogen-bond donors (Lipinski definition) is 1. The maximum absolute atomic E-state index is 13.0. The number of alkyl halides is 2. The summed E-state index contributed by atoms with van der Waals surface area (Å²) in [6.07, 6.45) is 2.99. The van der Waals surface area contributed by atoms with E-state index in [2.05, 4.69) is 34.8 Å². The van der Waals surface area contributed by atoms with Gasteiger partial charge in [-0.05, 0) is 13.8 Å². The van der Waals surface area contributed by atoms with Crippen LogP contribution < -0.4 is 0 Å². The Morgan fingerprint density at radius 1 is 1.48 bits per heavy atom. The third kappa shape index (κ3) is 8.73. The van der Waals surface area contributed by atoms with E-state index in [-0.39, 0.29) is 0 Å². The number of aromatic amines is 1. The average molecular weight is 300 g/mol. The zero-order chi connectivity index (χ0) is 17.1. The molecule has 0 aliphatic rings. The summed E-state index contributed by atoms with van der Waals surface area (Å²) < 4.78 is 26.0. The van der Waals surface area contributed by atoms with Crippen LogP contribution in [-0.4, -0.2) is 33.7 Å². The lowest BCUT2D eigenvalue weighted by Gasteiger charge is -2.23. The van der Waals surface area contributed by atoms with Crippen LogP contribution in [0.2, 0.25) is 0 Å². The molecule has 0 aliphatic carbocycles. The van der Waals surface area contributed by atoms with Crippen molar-refractivity contribution in [2.45, 2.75) is 40.5 Å². The molecule has 0 aromatic carbocycles. The van der Waals surface area contributed by atoms with Crippen molar-refractivity contribution in [2.24, 2.45) is 5.10 Å². The molecule has 120 valence electrons. The zero-order valence-corrected chi connectivity index (χ0v) is 13.6. The summed E-state index contributed by atoms with van der Waals surface area (Å²) >= 11 is 0. The molecule has 0 amide bonds. The molecular formula is C15H26F2N4. The van der Waals surface area contributed by atoms with Crippen LogP contribution in [0.1, 0.15) is 39.2 Å². The zero-order valence-electron chi connectivity index (χ0n) is 13.6. The Labute approximate surface area is 126 Å². The van der Waals surface area contributed by atoms with Gasteiger partial charge in [-0.1, -0.05) is 20.4 Å². The summed E-state index contributed by atoms with van der Waals surface area (Å²) in [5.74, 6) is -2.14. The van der Waals surface area contributed by atoms with Gasteiger partial charge >= 0.3 is 0 Å². The monoisotopic (exact) mass is 300 g/mol. The fourth-order valence-corrected chi connectivity index (χ4v) is 1.31. The van der Waals surface area contributed by atoms with Gasteiger partial charge in [0.15, 0.2) is 0 Å². The van der Waals surface area contributed by atoms with Crippen molar-refractivity contribution in [1.29, 1.82) is 0 Å². The molecule has 6 heteroatoms. The number of H-pyrrole nitrogens is 1. The quantitative estimate of drug-likeness (QED) is 0.495. The van der Waals surface area contributed by atoms with Gasteiger partial charge in [0, 0.05) is 13.1 Å². The second kappa shape index (κ2) is 10.8. The highest BCUT2D eigenvalue weighted by molar-refractivity contribution is 5.60. The number of hydrazone groups is 1. The number of rotatable bonds is 5. The summed E-state index contributed by atoms with van der Waals surface area (Å²) in [6.45, 7) is 17.5. The van der Waals surface area contributed by atoms with E-state index < -0.39 is 12.5 Å². The second-order valence-electron chi connectivity index (χ2n) is 3.83. The van der Waals surface area contributed by atoms with Crippen LogP contribution in [0.5, 0.6) is 0 Å². The Kier molecular flexibility index (Phi) is 10.9. The van der Waals surface area contributed by atoms with Crippen LogP contribution >= 0.6 is 0 Å². The van der Waals surface area contributed by atoms with Crippen LogP contribution in [-0.2, 0) is 0 Å². The summed E-state index contributed by atoms with van der Waals surface area (Å²) in [4.78, 5) is 6.92. The van der Waals surface area contributed by atoms with Crippen molar-refractivity contribution in [1.82, 2.24) is 15.0 Å². The normalized spacial score (nSPS) is 10.2. The number of nitrogens with zero attached hydrogens (tertiary/aromatic N) is 3. The lowest BCUT2D eigenvalue weighted by atomic mass is 10.3. The van der Waals surface area contributed by atoms with Gasteiger partial charge in [-0.2, -0.15) is 5.10 Å². The highest BCUT2D eigenvalue weighted by atomic mass is 19.3. The van der Waals surface area contributed by atoms with Gasteiger partial charge in [0.2, 0.25) is 0 Å². The molecule has 1 aromatic rings. The minimum Gasteiger partial charge on any atom is -0.341 e. The molecule has 0 saturated heterocycles. The van der Waals surface area contributed by atoms with E-state index in [1.165, 1.54) is 6.21 Å². The van der Waals surface area contributed by atoms with Crippen LogP contribution in [0.25, 0.3) is 5.70 Å². The molecule has 0 spiro atoms. The van der Waals surface area contributed by atoms with Crippen LogP contribution in [0.4, 0.5) is 8.78 Å². The number of imidazole rings is 1. The Balaban J connectivity index is 0. The van der Waals surface area contributed by atoms with E-state index in [9.17, 15) is 8.78 Å².